The molecule has 2 rings (SSSR count). The molecule has 1 saturated carbocycles. The second-order valence-electron chi connectivity index (χ2n) is 5.37. The molecule has 1 aliphatic carbocycles. The summed E-state index contributed by atoms with van der Waals surface area (Å²) in [5, 5.41) is 3.42. The molecule has 0 saturated heterocycles. The maximum absolute atomic E-state index is 6.22. The van der Waals surface area contributed by atoms with E-state index >= 15 is 0 Å². The highest BCUT2D eigenvalue weighted by Gasteiger charge is 2.42. The molecule has 1 heterocycles. The summed E-state index contributed by atoms with van der Waals surface area (Å²) in [5.41, 5.74) is 0.788. The van der Waals surface area contributed by atoms with Crippen LogP contribution in [0.25, 0.3) is 0 Å². The van der Waals surface area contributed by atoms with Crippen molar-refractivity contribution in [3.05, 3.63) is 24.0 Å². The maximum Gasteiger partial charge on any atom is 0.142 e. The molecule has 20 heavy (non-hydrogen) atoms. The van der Waals surface area contributed by atoms with E-state index in [2.05, 4.69) is 17.2 Å². The minimum absolute atomic E-state index is 0.0684. The second-order valence-corrected chi connectivity index (χ2v) is 5.37. The third-order valence-electron chi connectivity index (χ3n) is 4.24. The molecule has 1 unspecified atom stereocenters. The number of hydrogen-bond donors (Lipinski definition) is 1. The fourth-order valence-electron chi connectivity index (χ4n) is 3.40. The first kappa shape index (κ1) is 15.3. The predicted octanol–water partition coefficient (Wildman–Crippen LogP) is 3.09. The summed E-state index contributed by atoms with van der Waals surface area (Å²) in [6.45, 7) is 2.80. The molecular weight excluding hydrogens is 252 g/mol. The maximum atomic E-state index is 6.22. The van der Waals surface area contributed by atoms with E-state index in [1.165, 1.54) is 19.3 Å². The zero-order valence-electron chi connectivity index (χ0n) is 12.8. The molecule has 1 atom stereocenters. The lowest BCUT2D eigenvalue weighted by Crippen LogP contribution is -2.47. The smallest absolute Gasteiger partial charge is 0.142 e. The first-order valence-electron chi connectivity index (χ1n) is 7.57. The number of pyridine rings is 1. The van der Waals surface area contributed by atoms with Crippen molar-refractivity contribution in [3.63, 3.8) is 0 Å². The van der Waals surface area contributed by atoms with Crippen LogP contribution in [-0.4, -0.2) is 31.3 Å². The van der Waals surface area contributed by atoms with Crippen molar-refractivity contribution in [1.82, 2.24) is 10.3 Å². The van der Waals surface area contributed by atoms with Crippen LogP contribution in [0.1, 0.15) is 50.8 Å². The molecule has 4 heteroatoms. The Kier molecular flexibility index (Phi) is 5.38. The molecule has 0 bridgehead atoms. The van der Waals surface area contributed by atoms with E-state index in [1.807, 2.05) is 25.4 Å². The van der Waals surface area contributed by atoms with Gasteiger partial charge in [0.2, 0.25) is 0 Å². The molecule has 1 N–H and O–H groups in total. The van der Waals surface area contributed by atoms with Gasteiger partial charge in [0, 0.05) is 12.8 Å². The molecule has 0 aromatic carbocycles. The van der Waals surface area contributed by atoms with Gasteiger partial charge in [-0.25, -0.2) is 0 Å². The molecule has 0 aliphatic heterocycles. The van der Waals surface area contributed by atoms with E-state index in [1.54, 1.807) is 7.11 Å². The van der Waals surface area contributed by atoms with Gasteiger partial charge in [0.25, 0.3) is 0 Å². The normalized spacial score (nSPS) is 19.6. The molecule has 0 amide bonds. The number of ether oxygens (including phenoxy) is 2. The highest BCUT2D eigenvalue weighted by atomic mass is 16.5. The van der Waals surface area contributed by atoms with Crippen molar-refractivity contribution < 1.29 is 9.47 Å². The zero-order valence-corrected chi connectivity index (χ0v) is 12.8. The Hall–Kier alpha value is -1.13. The monoisotopic (exact) mass is 278 g/mol. The van der Waals surface area contributed by atoms with E-state index in [9.17, 15) is 0 Å². The largest absolute Gasteiger partial charge is 0.495 e. The Balaban J connectivity index is 2.37. The van der Waals surface area contributed by atoms with Crippen LogP contribution in [0.2, 0.25) is 0 Å². The third kappa shape index (κ3) is 2.96. The molecule has 1 aromatic heterocycles. The van der Waals surface area contributed by atoms with Gasteiger partial charge in [0.05, 0.1) is 18.8 Å². The van der Waals surface area contributed by atoms with E-state index in [0.29, 0.717) is 0 Å². The van der Waals surface area contributed by atoms with Gasteiger partial charge < -0.3 is 14.8 Å². The summed E-state index contributed by atoms with van der Waals surface area (Å²) in [7, 11) is 3.68. The van der Waals surface area contributed by atoms with Crippen LogP contribution in [0.4, 0.5) is 0 Å². The van der Waals surface area contributed by atoms with Crippen molar-refractivity contribution >= 4 is 0 Å². The number of likely N-dealkylation sites (N-methyl/N-ethyl adjacent to an activating group) is 1. The van der Waals surface area contributed by atoms with Gasteiger partial charge in [-0.05, 0) is 38.9 Å². The van der Waals surface area contributed by atoms with Gasteiger partial charge in [-0.2, -0.15) is 0 Å². The summed E-state index contributed by atoms with van der Waals surface area (Å²) >= 11 is 0. The standard InChI is InChI=1S/C16H26N2O2/c1-4-20-16(10-6-5-7-11-16)15(17-2)14-13(19-3)9-8-12-18-14/h8-9,12,15,17H,4-7,10-11H2,1-3H3. The van der Waals surface area contributed by atoms with Crippen LogP contribution in [0, 0.1) is 0 Å². The number of rotatable bonds is 6. The summed E-state index contributed by atoms with van der Waals surface area (Å²) in [5.74, 6) is 0.830. The van der Waals surface area contributed by atoms with E-state index < -0.39 is 0 Å². The summed E-state index contributed by atoms with van der Waals surface area (Å²) in [6, 6.07) is 3.94. The van der Waals surface area contributed by atoms with Gasteiger partial charge in [-0.3, -0.25) is 4.98 Å². The van der Waals surface area contributed by atoms with E-state index in [4.69, 9.17) is 9.47 Å². The van der Waals surface area contributed by atoms with Crippen molar-refractivity contribution in [2.75, 3.05) is 20.8 Å². The van der Waals surface area contributed by atoms with E-state index in [0.717, 1.165) is 30.9 Å². The number of methoxy groups -OCH3 is 1. The molecular formula is C16H26N2O2. The molecule has 1 fully saturated rings. The first-order chi connectivity index (χ1) is 9.77. The fourth-order valence-corrected chi connectivity index (χ4v) is 3.40. The van der Waals surface area contributed by atoms with Gasteiger partial charge in [-0.1, -0.05) is 19.3 Å². The van der Waals surface area contributed by atoms with Gasteiger partial charge in [0.15, 0.2) is 0 Å². The number of nitrogens with one attached hydrogen (secondary N) is 1. The summed E-state index contributed by atoms with van der Waals surface area (Å²) in [6.07, 6.45) is 7.70. The average molecular weight is 278 g/mol. The van der Waals surface area contributed by atoms with Crippen LogP contribution in [0.15, 0.2) is 18.3 Å². The van der Waals surface area contributed by atoms with E-state index in [-0.39, 0.29) is 11.6 Å². The molecule has 0 radical (unpaired) electrons. The molecule has 1 aromatic rings. The SMILES string of the molecule is CCOC1(C(NC)c2ncccc2OC)CCCCC1. The van der Waals surface area contributed by atoms with Crippen LogP contribution in [0.3, 0.4) is 0 Å². The lowest BCUT2D eigenvalue weighted by molar-refractivity contribution is -0.0910. The minimum Gasteiger partial charge on any atom is -0.495 e. The van der Waals surface area contributed by atoms with Crippen molar-refractivity contribution in [2.24, 2.45) is 0 Å². The van der Waals surface area contributed by atoms with Gasteiger partial charge in [-0.15, -0.1) is 0 Å². The molecule has 4 nitrogen and oxygen atoms in total. The van der Waals surface area contributed by atoms with Crippen LogP contribution >= 0.6 is 0 Å². The first-order valence-corrected chi connectivity index (χ1v) is 7.57. The van der Waals surface area contributed by atoms with Crippen molar-refractivity contribution in [2.45, 2.75) is 50.7 Å². The third-order valence-corrected chi connectivity index (χ3v) is 4.24. The Morgan fingerprint density at radius 1 is 1.35 bits per heavy atom. The lowest BCUT2D eigenvalue weighted by Gasteiger charge is -2.43. The number of nitrogens with zero attached hydrogens (tertiary/aromatic N) is 1. The molecule has 1 aliphatic rings. The van der Waals surface area contributed by atoms with Gasteiger partial charge in [0.1, 0.15) is 11.4 Å². The minimum atomic E-state index is -0.163. The molecule has 112 valence electrons. The van der Waals surface area contributed by atoms with Crippen molar-refractivity contribution in [3.8, 4) is 5.75 Å². The number of aromatic nitrogens is 1. The Morgan fingerprint density at radius 3 is 2.70 bits per heavy atom. The Bertz CT molecular complexity index is 411. The molecule has 0 spiro atoms. The Morgan fingerprint density at radius 2 is 2.10 bits per heavy atom. The van der Waals surface area contributed by atoms with Crippen molar-refractivity contribution in [1.29, 1.82) is 0 Å². The quantitative estimate of drug-likeness (QED) is 0.868. The van der Waals surface area contributed by atoms with Crippen LogP contribution in [-0.2, 0) is 4.74 Å². The van der Waals surface area contributed by atoms with Gasteiger partial charge >= 0.3 is 0 Å². The zero-order chi connectivity index (χ0) is 14.4. The Labute approximate surface area is 121 Å². The average Bonchev–Trinajstić information content (AvgIpc) is 2.49. The van der Waals surface area contributed by atoms with Crippen LogP contribution < -0.4 is 10.1 Å². The fraction of sp³-hybridized carbons (Fsp3) is 0.688. The number of hydrogen-bond acceptors (Lipinski definition) is 4. The summed E-state index contributed by atoms with van der Waals surface area (Å²) < 4.78 is 11.7. The lowest BCUT2D eigenvalue weighted by atomic mass is 9.77. The highest BCUT2D eigenvalue weighted by Crippen LogP contribution is 2.42. The highest BCUT2D eigenvalue weighted by molar-refractivity contribution is 5.31. The predicted molar refractivity (Wildman–Crippen MR) is 80.0 cm³/mol. The topological polar surface area (TPSA) is 43.4 Å². The van der Waals surface area contributed by atoms with Crippen LogP contribution in [0.5, 0.6) is 5.75 Å². The summed E-state index contributed by atoms with van der Waals surface area (Å²) in [4.78, 5) is 4.56. The second kappa shape index (κ2) is 7.04.